The molecule has 1 saturated heterocycles. The highest BCUT2D eigenvalue weighted by Gasteiger charge is 2.31. The lowest BCUT2D eigenvalue weighted by Gasteiger charge is -2.23. The van der Waals surface area contributed by atoms with E-state index in [-0.39, 0.29) is 12.0 Å². The van der Waals surface area contributed by atoms with Gasteiger partial charge in [-0.2, -0.15) is 0 Å². The fraction of sp³-hybridized carbons (Fsp3) is 0.571. The van der Waals surface area contributed by atoms with Crippen LogP contribution in [0.3, 0.4) is 0 Å². The van der Waals surface area contributed by atoms with Gasteiger partial charge in [0.1, 0.15) is 6.10 Å². The molecule has 1 aromatic heterocycles. The standard InChI is InChI=1S/C14H22N4O2/c1-2-18(9-11-5-3-4-8-16-11)10-12-6-7-13(20-12)14(19)17-15/h3-5,8,12-13H,2,6-7,9-10,15H2,1H3,(H,17,19). The molecule has 2 unspecified atom stereocenters. The summed E-state index contributed by atoms with van der Waals surface area (Å²) in [6.45, 7) is 4.64. The van der Waals surface area contributed by atoms with Crippen molar-refractivity contribution in [3.63, 3.8) is 0 Å². The van der Waals surface area contributed by atoms with Gasteiger partial charge in [0.15, 0.2) is 0 Å². The average molecular weight is 278 g/mol. The fourth-order valence-electron chi connectivity index (χ4n) is 2.44. The normalized spacial score (nSPS) is 22.1. The van der Waals surface area contributed by atoms with Crippen molar-refractivity contribution < 1.29 is 9.53 Å². The average Bonchev–Trinajstić information content (AvgIpc) is 2.95. The Bertz CT molecular complexity index is 426. The highest BCUT2D eigenvalue weighted by atomic mass is 16.5. The number of hydrogen-bond acceptors (Lipinski definition) is 5. The number of nitrogens with two attached hydrogens (primary N) is 1. The van der Waals surface area contributed by atoms with Crippen molar-refractivity contribution in [2.24, 2.45) is 5.84 Å². The minimum Gasteiger partial charge on any atom is -0.364 e. The first kappa shape index (κ1) is 14.9. The Morgan fingerprint density at radius 2 is 2.40 bits per heavy atom. The first-order valence-electron chi connectivity index (χ1n) is 7.01. The zero-order valence-electron chi connectivity index (χ0n) is 11.8. The summed E-state index contributed by atoms with van der Waals surface area (Å²) in [6, 6.07) is 5.92. The molecule has 3 N–H and O–H groups in total. The molecule has 20 heavy (non-hydrogen) atoms. The molecule has 0 bridgehead atoms. The Kier molecular flexibility index (Phi) is 5.46. The van der Waals surface area contributed by atoms with Crippen molar-refractivity contribution >= 4 is 5.91 Å². The van der Waals surface area contributed by atoms with Crippen LogP contribution in [0, 0.1) is 0 Å². The van der Waals surface area contributed by atoms with Gasteiger partial charge in [0, 0.05) is 19.3 Å². The van der Waals surface area contributed by atoms with E-state index in [9.17, 15) is 4.79 Å². The van der Waals surface area contributed by atoms with Crippen LogP contribution in [0.2, 0.25) is 0 Å². The lowest BCUT2D eigenvalue weighted by Crippen LogP contribution is -2.40. The van der Waals surface area contributed by atoms with Crippen LogP contribution in [0.1, 0.15) is 25.5 Å². The maximum absolute atomic E-state index is 11.4. The predicted octanol–water partition coefficient (Wildman–Crippen LogP) is 0.441. The van der Waals surface area contributed by atoms with E-state index in [1.165, 1.54) is 0 Å². The van der Waals surface area contributed by atoms with Gasteiger partial charge in [0.25, 0.3) is 5.91 Å². The van der Waals surface area contributed by atoms with Crippen molar-refractivity contribution in [2.75, 3.05) is 13.1 Å². The second kappa shape index (κ2) is 7.33. The third-order valence-electron chi connectivity index (χ3n) is 3.56. The summed E-state index contributed by atoms with van der Waals surface area (Å²) < 4.78 is 5.73. The molecular weight excluding hydrogens is 256 g/mol. The maximum Gasteiger partial charge on any atom is 0.263 e. The molecule has 110 valence electrons. The fourth-order valence-corrected chi connectivity index (χ4v) is 2.44. The molecule has 2 rings (SSSR count). The van der Waals surface area contributed by atoms with E-state index in [0.717, 1.165) is 38.2 Å². The van der Waals surface area contributed by atoms with E-state index in [1.807, 2.05) is 18.2 Å². The molecule has 1 aliphatic rings. The van der Waals surface area contributed by atoms with E-state index >= 15 is 0 Å². The molecule has 0 saturated carbocycles. The Morgan fingerprint density at radius 1 is 1.55 bits per heavy atom. The number of ether oxygens (including phenoxy) is 1. The number of nitrogens with zero attached hydrogens (tertiary/aromatic N) is 2. The molecular formula is C14H22N4O2. The molecule has 2 atom stereocenters. The molecule has 0 radical (unpaired) electrons. The number of hydrogen-bond donors (Lipinski definition) is 2. The third-order valence-corrected chi connectivity index (χ3v) is 3.56. The van der Waals surface area contributed by atoms with E-state index < -0.39 is 6.10 Å². The third kappa shape index (κ3) is 4.00. The predicted molar refractivity (Wildman–Crippen MR) is 75.4 cm³/mol. The summed E-state index contributed by atoms with van der Waals surface area (Å²) in [5.74, 6) is 4.89. The number of pyridine rings is 1. The first-order valence-corrected chi connectivity index (χ1v) is 7.01. The highest BCUT2D eigenvalue weighted by molar-refractivity contribution is 5.80. The molecule has 0 spiro atoms. The smallest absolute Gasteiger partial charge is 0.263 e. The summed E-state index contributed by atoms with van der Waals surface area (Å²) in [6.07, 6.45) is 3.10. The summed E-state index contributed by atoms with van der Waals surface area (Å²) in [7, 11) is 0. The summed E-state index contributed by atoms with van der Waals surface area (Å²) in [4.78, 5) is 18.0. The summed E-state index contributed by atoms with van der Waals surface area (Å²) >= 11 is 0. The van der Waals surface area contributed by atoms with E-state index in [0.29, 0.717) is 0 Å². The molecule has 1 fully saturated rings. The lowest BCUT2D eigenvalue weighted by atomic mass is 10.2. The van der Waals surface area contributed by atoms with Gasteiger partial charge in [-0.25, -0.2) is 5.84 Å². The Labute approximate surface area is 119 Å². The Balaban J connectivity index is 1.84. The van der Waals surface area contributed by atoms with Crippen LogP contribution in [-0.2, 0) is 16.1 Å². The SMILES string of the molecule is CCN(Cc1ccccn1)CC1CCC(C(=O)NN)O1. The molecule has 6 heteroatoms. The van der Waals surface area contributed by atoms with Gasteiger partial charge < -0.3 is 4.74 Å². The zero-order valence-corrected chi connectivity index (χ0v) is 11.8. The van der Waals surface area contributed by atoms with Crippen LogP contribution in [0.5, 0.6) is 0 Å². The summed E-state index contributed by atoms with van der Waals surface area (Å²) in [5, 5.41) is 0. The minimum atomic E-state index is -0.404. The number of hydrazine groups is 1. The monoisotopic (exact) mass is 278 g/mol. The lowest BCUT2D eigenvalue weighted by molar-refractivity contribution is -0.132. The van der Waals surface area contributed by atoms with E-state index in [2.05, 4.69) is 22.2 Å². The molecule has 0 aliphatic carbocycles. The van der Waals surface area contributed by atoms with Crippen LogP contribution >= 0.6 is 0 Å². The topological polar surface area (TPSA) is 80.5 Å². The van der Waals surface area contributed by atoms with Gasteiger partial charge in [-0.05, 0) is 31.5 Å². The van der Waals surface area contributed by atoms with Gasteiger partial charge in [0.05, 0.1) is 11.8 Å². The van der Waals surface area contributed by atoms with Crippen LogP contribution in [0.15, 0.2) is 24.4 Å². The molecule has 1 amide bonds. The largest absolute Gasteiger partial charge is 0.364 e. The quantitative estimate of drug-likeness (QED) is 0.448. The van der Waals surface area contributed by atoms with Gasteiger partial charge in [-0.1, -0.05) is 13.0 Å². The number of rotatable bonds is 6. The molecule has 1 aliphatic heterocycles. The van der Waals surface area contributed by atoms with E-state index in [4.69, 9.17) is 10.6 Å². The molecule has 1 aromatic rings. The Hall–Kier alpha value is -1.50. The van der Waals surface area contributed by atoms with Crippen LogP contribution in [0.25, 0.3) is 0 Å². The van der Waals surface area contributed by atoms with Crippen molar-refractivity contribution in [3.8, 4) is 0 Å². The highest BCUT2D eigenvalue weighted by Crippen LogP contribution is 2.21. The number of carbonyl (C=O) groups excluding carboxylic acids is 1. The number of carbonyl (C=O) groups is 1. The number of amides is 1. The number of aromatic nitrogens is 1. The second-order valence-electron chi connectivity index (χ2n) is 4.98. The van der Waals surface area contributed by atoms with Crippen molar-refractivity contribution in [2.45, 2.75) is 38.5 Å². The minimum absolute atomic E-state index is 0.0842. The van der Waals surface area contributed by atoms with Crippen molar-refractivity contribution in [3.05, 3.63) is 30.1 Å². The number of nitrogens with one attached hydrogen (secondary N) is 1. The molecule has 0 aromatic carbocycles. The maximum atomic E-state index is 11.4. The zero-order chi connectivity index (χ0) is 14.4. The van der Waals surface area contributed by atoms with Gasteiger partial charge in [0.2, 0.25) is 0 Å². The van der Waals surface area contributed by atoms with Gasteiger partial charge in [-0.15, -0.1) is 0 Å². The van der Waals surface area contributed by atoms with Gasteiger partial charge >= 0.3 is 0 Å². The van der Waals surface area contributed by atoms with Gasteiger partial charge in [-0.3, -0.25) is 20.1 Å². The van der Waals surface area contributed by atoms with Crippen molar-refractivity contribution in [1.29, 1.82) is 0 Å². The van der Waals surface area contributed by atoms with Crippen molar-refractivity contribution in [1.82, 2.24) is 15.3 Å². The van der Waals surface area contributed by atoms with Crippen LogP contribution < -0.4 is 11.3 Å². The number of likely N-dealkylation sites (N-methyl/N-ethyl adjacent to an activating group) is 1. The first-order chi connectivity index (χ1) is 9.72. The van der Waals surface area contributed by atoms with Crippen LogP contribution in [-0.4, -0.2) is 41.1 Å². The second-order valence-corrected chi connectivity index (χ2v) is 4.98. The molecule has 6 nitrogen and oxygen atoms in total. The summed E-state index contributed by atoms with van der Waals surface area (Å²) in [5.41, 5.74) is 3.19. The van der Waals surface area contributed by atoms with Crippen LogP contribution in [0.4, 0.5) is 0 Å². The van der Waals surface area contributed by atoms with E-state index in [1.54, 1.807) is 6.20 Å². The molecule has 2 heterocycles. The Morgan fingerprint density at radius 3 is 3.05 bits per heavy atom.